The molecule has 8 nitrogen and oxygen atoms in total. The predicted molar refractivity (Wildman–Crippen MR) is 132 cm³/mol. The van der Waals surface area contributed by atoms with Gasteiger partial charge in [0.25, 0.3) is 0 Å². The molecule has 2 N–H and O–H groups in total. The zero-order valence-electron chi connectivity index (χ0n) is 18.5. The third-order valence-electron chi connectivity index (χ3n) is 4.49. The van der Waals surface area contributed by atoms with E-state index in [1.54, 1.807) is 24.3 Å². The first kappa shape index (κ1) is 25.4. The van der Waals surface area contributed by atoms with Crippen molar-refractivity contribution in [3.8, 4) is 17.6 Å². The fourth-order valence-electron chi connectivity index (χ4n) is 2.83. The largest absolute Gasteiger partial charge is 0.490 e. The van der Waals surface area contributed by atoms with Crippen molar-refractivity contribution in [1.82, 2.24) is 5.43 Å². The lowest BCUT2D eigenvalue weighted by molar-refractivity contribution is -0.136. The fraction of sp³-hybridized carbons (Fsp3) is 0.120. The van der Waals surface area contributed by atoms with E-state index in [1.165, 1.54) is 42.6 Å². The summed E-state index contributed by atoms with van der Waals surface area (Å²) >= 11 is 3.45. The van der Waals surface area contributed by atoms with Crippen molar-refractivity contribution >= 4 is 39.6 Å². The molecule has 3 aromatic carbocycles. The number of hydrazone groups is 1. The molecule has 0 unspecified atom stereocenters. The minimum absolute atomic E-state index is 0.205. The van der Waals surface area contributed by atoms with Crippen LogP contribution < -0.4 is 20.2 Å². The third-order valence-corrected chi connectivity index (χ3v) is 5.07. The molecule has 0 aliphatic heterocycles. The molecule has 0 fully saturated rings. The summed E-state index contributed by atoms with van der Waals surface area (Å²) in [4.78, 5) is 24.1. The first-order valence-corrected chi connectivity index (χ1v) is 11.2. The van der Waals surface area contributed by atoms with Gasteiger partial charge in [-0.15, -0.1) is 0 Å². The van der Waals surface area contributed by atoms with Gasteiger partial charge in [-0.2, -0.15) is 10.4 Å². The van der Waals surface area contributed by atoms with Crippen LogP contribution in [-0.4, -0.2) is 24.6 Å². The molecular weight excluding hydrogens is 519 g/mol. The second-order valence-electron chi connectivity index (χ2n) is 7.02. The van der Waals surface area contributed by atoms with Crippen molar-refractivity contribution < 1.29 is 23.5 Å². The van der Waals surface area contributed by atoms with Crippen molar-refractivity contribution in [2.24, 2.45) is 5.10 Å². The van der Waals surface area contributed by atoms with E-state index < -0.39 is 11.8 Å². The van der Waals surface area contributed by atoms with Crippen LogP contribution in [0.4, 0.5) is 10.1 Å². The summed E-state index contributed by atoms with van der Waals surface area (Å²) in [5.41, 5.74) is 4.32. The van der Waals surface area contributed by atoms with E-state index in [4.69, 9.17) is 14.7 Å². The highest BCUT2D eigenvalue weighted by Crippen LogP contribution is 2.37. The van der Waals surface area contributed by atoms with Gasteiger partial charge in [0, 0.05) is 5.69 Å². The highest BCUT2D eigenvalue weighted by atomic mass is 79.9. The number of nitriles is 1. The Hall–Kier alpha value is -4.23. The van der Waals surface area contributed by atoms with Gasteiger partial charge in [-0.1, -0.05) is 12.1 Å². The number of anilines is 1. The van der Waals surface area contributed by atoms with Crippen molar-refractivity contribution in [2.45, 2.75) is 13.5 Å². The van der Waals surface area contributed by atoms with E-state index in [1.807, 2.05) is 13.0 Å². The van der Waals surface area contributed by atoms with Gasteiger partial charge in [-0.3, -0.25) is 9.59 Å². The summed E-state index contributed by atoms with van der Waals surface area (Å²) in [6.07, 6.45) is 1.35. The summed E-state index contributed by atoms with van der Waals surface area (Å²) in [5.74, 6) is -1.30. The van der Waals surface area contributed by atoms with Gasteiger partial charge in [0.05, 0.1) is 28.9 Å². The van der Waals surface area contributed by atoms with Crippen molar-refractivity contribution in [2.75, 3.05) is 11.9 Å². The highest BCUT2D eigenvalue weighted by Gasteiger charge is 2.14. The summed E-state index contributed by atoms with van der Waals surface area (Å²) in [5, 5.41) is 15.0. The average Bonchev–Trinajstić information content (AvgIpc) is 2.85. The monoisotopic (exact) mass is 538 g/mol. The Balaban J connectivity index is 1.63. The van der Waals surface area contributed by atoms with Crippen LogP contribution in [0.1, 0.15) is 23.6 Å². The Morgan fingerprint density at radius 3 is 2.46 bits per heavy atom. The van der Waals surface area contributed by atoms with Crippen LogP contribution in [0, 0.1) is 17.1 Å². The van der Waals surface area contributed by atoms with E-state index >= 15 is 0 Å². The maximum Gasteiger partial charge on any atom is 0.329 e. The van der Waals surface area contributed by atoms with E-state index in [0.29, 0.717) is 39.4 Å². The lowest BCUT2D eigenvalue weighted by Crippen LogP contribution is -2.32. The topological polar surface area (TPSA) is 113 Å². The second kappa shape index (κ2) is 12.3. The molecule has 2 amide bonds. The molecule has 0 saturated heterocycles. The van der Waals surface area contributed by atoms with Crippen LogP contribution in [0.5, 0.6) is 11.5 Å². The molecule has 0 aliphatic carbocycles. The Kier molecular flexibility index (Phi) is 8.92. The number of nitrogens with zero attached hydrogens (tertiary/aromatic N) is 2. The van der Waals surface area contributed by atoms with Crippen LogP contribution in [0.25, 0.3) is 0 Å². The van der Waals surface area contributed by atoms with Crippen LogP contribution in [0.15, 0.2) is 70.2 Å². The number of halogens is 2. The molecule has 3 rings (SSSR count). The first-order chi connectivity index (χ1) is 16.9. The number of ether oxygens (including phenoxy) is 2. The molecule has 0 aromatic heterocycles. The molecule has 0 spiro atoms. The SMILES string of the molecule is CCOc1cc(/C=N/NC(=O)C(=O)Nc2ccc(C#N)cc2)cc(Br)c1OCc1ccc(F)cc1. The molecule has 0 aliphatic rings. The highest BCUT2D eigenvalue weighted by molar-refractivity contribution is 9.10. The van der Waals surface area contributed by atoms with Crippen LogP contribution >= 0.6 is 15.9 Å². The minimum Gasteiger partial charge on any atom is -0.490 e. The van der Waals surface area contributed by atoms with Crippen LogP contribution in [0.2, 0.25) is 0 Å². The predicted octanol–water partition coefficient (Wildman–Crippen LogP) is 4.53. The smallest absolute Gasteiger partial charge is 0.329 e. The molecular formula is C25H20BrFN4O4. The van der Waals surface area contributed by atoms with Gasteiger partial charge in [0.15, 0.2) is 11.5 Å². The van der Waals surface area contributed by atoms with E-state index in [9.17, 15) is 14.0 Å². The van der Waals surface area contributed by atoms with Gasteiger partial charge in [-0.05, 0) is 82.5 Å². The maximum atomic E-state index is 13.1. The quantitative estimate of drug-likeness (QED) is 0.248. The Morgan fingerprint density at radius 2 is 1.80 bits per heavy atom. The number of amides is 2. The number of carbonyl (C=O) groups is 2. The number of hydrogen-bond donors (Lipinski definition) is 2. The molecule has 0 heterocycles. The van der Waals surface area contributed by atoms with Crippen molar-refractivity contribution in [1.29, 1.82) is 5.26 Å². The zero-order valence-corrected chi connectivity index (χ0v) is 20.1. The number of hydrogen-bond acceptors (Lipinski definition) is 6. The number of benzene rings is 3. The van der Waals surface area contributed by atoms with Gasteiger partial charge in [0.1, 0.15) is 12.4 Å². The molecule has 0 saturated carbocycles. The van der Waals surface area contributed by atoms with Gasteiger partial charge in [-0.25, -0.2) is 9.82 Å². The Labute approximate surface area is 209 Å². The normalized spacial score (nSPS) is 10.5. The Bertz CT molecular complexity index is 1270. The molecule has 0 atom stereocenters. The number of carbonyl (C=O) groups excluding carboxylic acids is 2. The molecule has 10 heteroatoms. The average molecular weight is 539 g/mol. The lowest BCUT2D eigenvalue weighted by Gasteiger charge is -2.14. The van der Waals surface area contributed by atoms with Crippen molar-refractivity contribution in [3.63, 3.8) is 0 Å². The summed E-state index contributed by atoms with van der Waals surface area (Å²) in [6.45, 7) is 2.41. The lowest BCUT2D eigenvalue weighted by atomic mass is 10.2. The molecule has 35 heavy (non-hydrogen) atoms. The first-order valence-electron chi connectivity index (χ1n) is 10.4. The molecule has 178 valence electrons. The third kappa shape index (κ3) is 7.38. The van der Waals surface area contributed by atoms with E-state index in [2.05, 4.69) is 31.8 Å². The molecule has 3 aromatic rings. The minimum atomic E-state index is -0.964. The van der Waals surface area contributed by atoms with Gasteiger partial charge < -0.3 is 14.8 Å². The number of nitrogens with one attached hydrogen (secondary N) is 2. The maximum absolute atomic E-state index is 13.1. The van der Waals surface area contributed by atoms with Crippen LogP contribution in [-0.2, 0) is 16.2 Å². The second-order valence-corrected chi connectivity index (χ2v) is 7.87. The fourth-order valence-corrected chi connectivity index (χ4v) is 3.41. The van der Waals surface area contributed by atoms with Gasteiger partial charge in [0.2, 0.25) is 0 Å². The standard InChI is InChI=1S/C25H20BrFN4O4/c1-2-34-22-12-18(11-21(26)23(22)35-15-17-3-7-19(27)8-4-17)14-29-31-25(33)24(32)30-20-9-5-16(13-28)6-10-20/h3-12,14H,2,15H2,1H3,(H,30,32)(H,31,33)/b29-14+. The van der Waals surface area contributed by atoms with E-state index in [-0.39, 0.29) is 12.4 Å². The Morgan fingerprint density at radius 1 is 1.09 bits per heavy atom. The summed E-state index contributed by atoms with van der Waals surface area (Å²) in [6, 6.07) is 17.4. The summed E-state index contributed by atoms with van der Waals surface area (Å²) in [7, 11) is 0. The van der Waals surface area contributed by atoms with Crippen LogP contribution in [0.3, 0.4) is 0 Å². The van der Waals surface area contributed by atoms with E-state index in [0.717, 1.165) is 5.56 Å². The van der Waals surface area contributed by atoms with Crippen molar-refractivity contribution in [3.05, 3.63) is 87.6 Å². The van der Waals surface area contributed by atoms with Gasteiger partial charge >= 0.3 is 11.8 Å². The number of rotatable bonds is 8. The molecule has 0 bridgehead atoms. The molecule has 0 radical (unpaired) electrons. The zero-order chi connectivity index (χ0) is 25.2. The summed E-state index contributed by atoms with van der Waals surface area (Å²) < 4.78 is 25.2.